The summed E-state index contributed by atoms with van der Waals surface area (Å²) in [6.45, 7) is 4.04. The van der Waals surface area contributed by atoms with Gasteiger partial charge in [-0.25, -0.2) is 8.78 Å². The quantitative estimate of drug-likeness (QED) is 0.798. The van der Waals surface area contributed by atoms with E-state index in [1.807, 2.05) is 0 Å². The van der Waals surface area contributed by atoms with Crippen LogP contribution in [0.3, 0.4) is 0 Å². The number of carboxylic acid groups (broad SMARTS) is 1. The first-order valence-corrected chi connectivity index (χ1v) is 6.33. The van der Waals surface area contributed by atoms with Gasteiger partial charge < -0.3 is 10.4 Å². The van der Waals surface area contributed by atoms with Crippen LogP contribution < -0.4 is 5.32 Å². The van der Waals surface area contributed by atoms with Crippen molar-refractivity contribution >= 4 is 5.97 Å². The Hall–Kier alpha value is -0.750. The highest BCUT2D eigenvalue weighted by atomic mass is 19.3. The van der Waals surface area contributed by atoms with Crippen molar-refractivity contribution in [3.63, 3.8) is 0 Å². The number of alkyl halides is 2. The van der Waals surface area contributed by atoms with Gasteiger partial charge >= 0.3 is 5.97 Å². The predicted molar refractivity (Wildman–Crippen MR) is 62.7 cm³/mol. The van der Waals surface area contributed by atoms with E-state index in [-0.39, 0.29) is 12.6 Å². The van der Waals surface area contributed by atoms with Gasteiger partial charge in [0.1, 0.15) is 0 Å². The Balaban J connectivity index is 1.97. The van der Waals surface area contributed by atoms with Gasteiger partial charge in [-0.05, 0) is 33.2 Å². The molecule has 2 N–H and O–H groups in total. The largest absolute Gasteiger partial charge is 0.481 e. The van der Waals surface area contributed by atoms with Crippen LogP contribution >= 0.6 is 0 Å². The molecule has 2 aliphatic heterocycles. The number of hydrogen-bond donors (Lipinski definition) is 2. The summed E-state index contributed by atoms with van der Waals surface area (Å²) in [5.74, 6) is -3.58. The van der Waals surface area contributed by atoms with Crippen LogP contribution in [-0.4, -0.2) is 53.6 Å². The lowest BCUT2D eigenvalue weighted by Gasteiger charge is -2.30. The highest BCUT2D eigenvalue weighted by Crippen LogP contribution is 2.37. The molecule has 0 spiro atoms. The molecular formula is C12H20F2N2O2. The molecule has 0 aromatic rings. The lowest BCUT2D eigenvalue weighted by molar-refractivity contribution is -0.147. The molecule has 18 heavy (non-hydrogen) atoms. The fraction of sp³-hybridized carbons (Fsp3) is 0.917. The number of hydrogen-bond acceptors (Lipinski definition) is 3. The van der Waals surface area contributed by atoms with E-state index >= 15 is 0 Å². The fourth-order valence-electron chi connectivity index (χ4n) is 2.78. The molecule has 0 aromatic carbocycles. The summed E-state index contributed by atoms with van der Waals surface area (Å²) < 4.78 is 27.4. The number of halogens is 2. The Bertz CT molecular complexity index is 347. The van der Waals surface area contributed by atoms with E-state index in [0.717, 1.165) is 0 Å². The van der Waals surface area contributed by atoms with Crippen LogP contribution in [0.15, 0.2) is 0 Å². The Kier molecular flexibility index (Phi) is 3.36. The number of carbonyl (C=O) groups is 1. The summed E-state index contributed by atoms with van der Waals surface area (Å²) in [6, 6.07) is -0.907. The van der Waals surface area contributed by atoms with Crippen LogP contribution in [-0.2, 0) is 4.79 Å². The number of carboxylic acids is 1. The zero-order chi connectivity index (χ0) is 13.6. The van der Waals surface area contributed by atoms with Gasteiger partial charge in [0.2, 0.25) is 0 Å². The maximum absolute atomic E-state index is 13.7. The normalized spacial score (nSPS) is 31.6. The topological polar surface area (TPSA) is 52.6 Å². The maximum atomic E-state index is 13.7. The molecule has 0 saturated carbocycles. The minimum absolute atomic E-state index is 0.145. The number of nitrogens with zero attached hydrogens (tertiary/aromatic N) is 1. The number of nitrogens with one attached hydrogen (secondary N) is 1. The van der Waals surface area contributed by atoms with Gasteiger partial charge in [0.25, 0.3) is 5.92 Å². The smallest absolute Gasteiger partial charge is 0.309 e. The maximum Gasteiger partial charge on any atom is 0.309 e. The average Bonchev–Trinajstić information content (AvgIpc) is 2.78. The summed E-state index contributed by atoms with van der Waals surface area (Å²) in [4.78, 5) is 12.7. The average molecular weight is 262 g/mol. The molecule has 2 aliphatic rings. The van der Waals surface area contributed by atoms with Crippen molar-refractivity contribution in [2.45, 2.75) is 44.7 Å². The van der Waals surface area contributed by atoms with Gasteiger partial charge in [0.05, 0.1) is 18.0 Å². The second kappa shape index (κ2) is 4.42. The van der Waals surface area contributed by atoms with Crippen LogP contribution in [0.4, 0.5) is 8.78 Å². The van der Waals surface area contributed by atoms with Crippen LogP contribution in [0.1, 0.15) is 26.7 Å². The van der Waals surface area contributed by atoms with Crippen molar-refractivity contribution < 1.29 is 18.7 Å². The zero-order valence-corrected chi connectivity index (χ0v) is 10.7. The Labute approximate surface area is 105 Å². The first kappa shape index (κ1) is 13.7. The molecule has 2 rings (SSSR count). The van der Waals surface area contributed by atoms with E-state index in [2.05, 4.69) is 5.32 Å². The molecule has 0 amide bonds. The number of aliphatic carboxylic acids is 1. The second-order valence-electron chi connectivity index (χ2n) is 5.96. The summed E-state index contributed by atoms with van der Waals surface area (Å²) in [7, 11) is 0. The molecule has 0 aliphatic carbocycles. The lowest BCUT2D eigenvalue weighted by atomic mass is 9.89. The monoisotopic (exact) mass is 262 g/mol. The van der Waals surface area contributed by atoms with E-state index in [4.69, 9.17) is 5.11 Å². The van der Waals surface area contributed by atoms with Crippen molar-refractivity contribution in [1.29, 1.82) is 0 Å². The van der Waals surface area contributed by atoms with Gasteiger partial charge in [-0.1, -0.05) is 0 Å². The molecule has 2 saturated heterocycles. The highest BCUT2D eigenvalue weighted by molar-refractivity contribution is 5.73. The van der Waals surface area contributed by atoms with Crippen molar-refractivity contribution in [3.8, 4) is 0 Å². The van der Waals surface area contributed by atoms with Gasteiger partial charge in [0.15, 0.2) is 0 Å². The SMILES string of the molecule is CC(C)(CCN1CC[C@@H]2NCC(F)(F)[C@@H]21)C(=O)O. The lowest BCUT2D eigenvalue weighted by Crippen LogP contribution is -2.46. The molecule has 104 valence electrons. The van der Waals surface area contributed by atoms with Crippen LogP contribution in [0, 0.1) is 5.41 Å². The van der Waals surface area contributed by atoms with Crippen molar-refractivity contribution in [2.75, 3.05) is 19.6 Å². The predicted octanol–water partition coefficient (Wildman–Crippen LogP) is 1.17. The number of rotatable bonds is 4. The van der Waals surface area contributed by atoms with E-state index in [1.165, 1.54) is 0 Å². The number of fused-ring (bicyclic) bond motifs is 1. The summed E-state index contributed by atoms with van der Waals surface area (Å²) in [5, 5.41) is 11.9. The van der Waals surface area contributed by atoms with E-state index in [9.17, 15) is 13.6 Å². The second-order valence-corrected chi connectivity index (χ2v) is 5.96. The summed E-state index contributed by atoms with van der Waals surface area (Å²) in [5.41, 5.74) is -0.862. The summed E-state index contributed by atoms with van der Waals surface area (Å²) in [6.07, 6.45) is 1.11. The van der Waals surface area contributed by atoms with Crippen molar-refractivity contribution in [1.82, 2.24) is 10.2 Å². The van der Waals surface area contributed by atoms with Crippen LogP contribution in [0.5, 0.6) is 0 Å². The molecule has 2 heterocycles. The molecule has 6 heteroatoms. The van der Waals surface area contributed by atoms with Crippen LogP contribution in [0.25, 0.3) is 0 Å². The van der Waals surface area contributed by atoms with E-state index in [0.29, 0.717) is 25.9 Å². The molecule has 0 unspecified atom stereocenters. The molecule has 0 aromatic heterocycles. The van der Waals surface area contributed by atoms with Gasteiger partial charge in [-0.3, -0.25) is 9.69 Å². The molecule has 0 radical (unpaired) electrons. The van der Waals surface area contributed by atoms with E-state index in [1.54, 1.807) is 18.7 Å². The Morgan fingerprint density at radius 1 is 1.56 bits per heavy atom. The third kappa shape index (κ3) is 2.36. The minimum atomic E-state index is -2.70. The molecule has 4 nitrogen and oxygen atoms in total. The van der Waals surface area contributed by atoms with Crippen LogP contribution in [0.2, 0.25) is 0 Å². The Morgan fingerprint density at radius 3 is 2.83 bits per heavy atom. The van der Waals surface area contributed by atoms with Gasteiger partial charge in [-0.15, -0.1) is 0 Å². The summed E-state index contributed by atoms with van der Waals surface area (Å²) >= 11 is 0. The molecular weight excluding hydrogens is 242 g/mol. The van der Waals surface area contributed by atoms with Crippen molar-refractivity contribution in [2.24, 2.45) is 5.41 Å². The molecule has 0 bridgehead atoms. The minimum Gasteiger partial charge on any atom is -0.481 e. The fourth-order valence-corrected chi connectivity index (χ4v) is 2.78. The van der Waals surface area contributed by atoms with Crippen molar-refractivity contribution in [3.05, 3.63) is 0 Å². The highest BCUT2D eigenvalue weighted by Gasteiger charge is 2.55. The first-order chi connectivity index (χ1) is 8.24. The molecule has 2 atom stereocenters. The number of likely N-dealkylation sites (tertiary alicyclic amines) is 1. The van der Waals surface area contributed by atoms with E-state index < -0.39 is 23.3 Å². The third-order valence-corrected chi connectivity index (χ3v) is 4.14. The standard InChI is InChI=1S/C12H20F2N2O2/c1-11(2,10(17)18)4-6-16-5-3-8-9(16)12(13,14)7-15-8/h8-9,15H,3-7H2,1-2H3,(H,17,18)/t8-,9+/m0/s1. The third-order valence-electron chi connectivity index (χ3n) is 4.14. The van der Waals surface area contributed by atoms with Gasteiger partial charge in [-0.2, -0.15) is 0 Å². The first-order valence-electron chi connectivity index (χ1n) is 6.33. The molecule has 2 fully saturated rings. The van der Waals surface area contributed by atoms with Gasteiger partial charge in [0, 0.05) is 12.6 Å². The zero-order valence-electron chi connectivity index (χ0n) is 10.7. The Morgan fingerprint density at radius 2 is 2.22 bits per heavy atom.